The SMILES string of the molecule is O=P(O)(O)c1c(-c2ccccc2)cccc1N(c1ccccc1)c1ccccc1. The number of hydrogen-bond acceptors (Lipinski definition) is 2. The fourth-order valence-corrected chi connectivity index (χ4v) is 4.44. The van der Waals surface area contributed by atoms with Crippen molar-refractivity contribution in [1.82, 2.24) is 0 Å². The van der Waals surface area contributed by atoms with Crippen LogP contribution in [-0.4, -0.2) is 9.79 Å². The molecule has 0 unspecified atom stereocenters. The van der Waals surface area contributed by atoms with E-state index >= 15 is 0 Å². The van der Waals surface area contributed by atoms with Crippen LogP contribution in [0.2, 0.25) is 0 Å². The lowest BCUT2D eigenvalue weighted by atomic mass is 10.0. The summed E-state index contributed by atoms with van der Waals surface area (Å²) in [6.07, 6.45) is 0. The molecule has 4 aromatic rings. The molecule has 4 nitrogen and oxygen atoms in total. The quantitative estimate of drug-likeness (QED) is 0.426. The Morgan fingerprint density at radius 1 is 0.586 bits per heavy atom. The summed E-state index contributed by atoms with van der Waals surface area (Å²) in [6.45, 7) is 0. The highest BCUT2D eigenvalue weighted by molar-refractivity contribution is 7.61. The summed E-state index contributed by atoms with van der Waals surface area (Å²) in [4.78, 5) is 22.6. The van der Waals surface area contributed by atoms with E-state index in [1.54, 1.807) is 12.1 Å². The molecule has 144 valence electrons. The zero-order valence-corrected chi connectivity index (χ0v) is 16.5. The fraction of sp³-hybridized carbons (Fsp3) is 0. The van der Waals surface area contributed by atoms with E-state index in [1.807, 2.05) is 102 Å². The van der Waals surface area contributed by atoms with Crippen molar-refractivity contribution in [3.05, 3.63) is 109 Å². The Kier molecular flexibility index (Phi) is 5.32. The molecule has 0 aliphatic heterocycles. The molecule has 0 fully saturated rings. The van der Waals surface area contributed by atoms with Gasteiger partial charge in [0.05, 0.1) is 11.0 Å². The van der Waals surface area contributed by atoms with Crippen LogP contribution in [0.25, 0.3) is 11.1 Å². The molecule has 0 aliphatic carbocycles. The number of anilines is 3. The van der Waals surface area contributed by atoms with Gasteiger partial charge in [-0.15, -0.1) is 0 Å². The molecule has 2 N–H and O–H groups in total. The molecule has 4 aromatic carbocycles. The van der Waals surface area contributed by atoms with Crippen LogP contribution >= 0.6 is 7.60 Å². The first-order valence-electron chi connectivity index (χ1n) is 9.20. The van der Waals surface area contributed by atoms with Gasteiger partial charge in [-0.1, -0.05) is 78.9 Å². The second-order valence-electron chi connectivity index (χ2n) is 6.59. The van der Waals surface area contributed by atoms with Crippen LogP contribution in [0.1, 0.15) is 0 Å². The predicted molar refractivity (Wildman–Crippen MR) is 118 cm³/mol. The summed E-state index contributed by atoms with van der Waals surface area (Å²) in [7, 11) is -4.60. The van der Waals surface area contributed by atoms with E-state index in [0.29, 0.717) is 11.3 Å². The molecule has 0 aromatic heterocycles. The first-order valence-corrected chi connectivity index (χ1v) is 10.8. The minimum atomic E-state index is -4.60. The summed E-state index contributed by atoms with van der Waals surface area (Å²) < 4.78 is 12.7. The van der Waals surface area contributed by atoms with Gasteiger partial charge in [0.2, 0.25) is 0 Å². The number of para-hydroxylation sites is 2. The number of benzene rings is 4. The van der Waals surface area contributed by atoms with Gasteiger partial charge in [-0.2, -0.15) is 0 Å². The van der Waals surface area contributed by atoms with Crippen molar-refractivity contribution in [3.63, 3.8) is 0 Å². The Balaban J connectivity index is 2.03. The predicted octanol–water partition coefficient (Wildman–Crippen LogP) is 5.63. The van der Waals surface area contributed by atoms with Gasteiger partial charge in [-0.25, -0.2) is 0 Å². The Labute approximate surface area is 169 Å². The van der Waals surface area contributed by atoms with Crippen molar-refractivity contribution in [2.45, 2.75) is 0 Å². The molecule has 0 amide bonds. The third-order valence-corrected chi connectivity index (χ3v) is 5.71. The summed E-state index contributed by atoms with van der Waals surface area (Å²) in [6, 6.07) is 33.8. The molecule has 0 bridgehead atoms. The van der Waals surface area contributed by atoms with Crippen LogP contribution in [0.4, 0.5) is 17.1 Å². The first kappa shape index (κ1) is 19.2. The third-order valence-electron chi connectivity index (χ3n) is 4.66. The van der Waals surface area contributed by atoms with E-state index in [-0.39, 0.29) is 5.30 Å². The molecular weight excluding hydrogens is 381 g/mol. The maximum atomic E-state index is 12.7. The van der Waals surface area contributed by atoms with Gasteiger partial charge < -0.3 is 14.7 Å². The van der Waals surface area contributed by atoms with E-state index in [9.17, 15) is 14.4 Å². The highest BCUT2D eigenvalue weighted by atomic mass is 31.2. The minimum Gasteiger partial charge on any atom is -0.321 e. The summed E-state index contributed by atoms with van der Waals surface area (Å²) in [5.74, 6) is 0. The van der Waals surface area contributed by atoms with E-state index in [1.165, 1.54) is 0 Å². The second kappa shape index (κ2) is 8.06. The normalized spacial score (nSPS) is 11.2. The number of rotatable bonds is 5. The Morgan fingerprint density at radius 2 is 1.07 bits per heavy atom. The summed E-state index contributed by atoms with van der Waals surface area (Å²) in [5, 5.41) is 0.0129. The molecular formula is C24H20NO3P. The molecule has 29 heavy (non-hydrogen) atoms. The van der Waals surface area contributed by atoms with Gasteiger partial charge in [0.15, 0.2) is 0 Å². The zero-order valence-electron chi connectivity index (χ0n) is 15.6. The van der Waals surface area contributed by atoms with Crippen LogP contribution in [0.5, 0.6) is 0 Å². The van der Waals surface area contributed by atoms with E-state index in [2.05, 4.69) is 0 Å². The average Bonchev–Trinajstić information content (AvgIpc) is 2.75. The molecule has 4 rings (SSSR count). The fourth-order valence-electron chi connectivity index (χ4n) is 3.45. The number of nitrogens with zero attached hydrogens (tertiary/aromatic N) is 1. The largest absolute Gasteiger partial charge is 0.358 e. The summed E-state index contributed by atoms with van der Waals surface area (Å²) in [5.41, 5.74) is 3.37. The highest BCUT2D eigenvalue weighted by Crippen LogP contribution is 2.45. The molecule has 0 saturated heterocycles. The lowest BCUT2D eigenvalue weighted by Gasteiger charge is -2.29. The monoisotopic (exact) mass is 401 g/mol. The molecule has 0 radical (unpaired) electrons. The lowest BCUT2D eigenvalue weighted by molar-refractivity contribution is 0.387. The van der Waals surface area contributed by atoms with Crippen molar-refractivity contribution in [2.75, 3.05) is 4.90 Å². The van der Waals surface area contributed by atoms with E-state index < -0.39 is 7.60 Å². The second-order valence-corrected chi connectivity index (χ2v) is 8.13. The Morgan fingerprint density at radius 3 is 1.55 bits per heavy atom. The van der Waals surface area contributed by atoms with Crippen LogP contribution in [0, 0.1) is 0 Å². The minimum absolute atomic E-state index is 0.0129. The molecule has 0 spiro atoms. The zero-order chi connectivity index (χ0) is 20.3. The van der Waals surface area contributed by atoms with Crippen LogP contribution in [-0.2, 0) is 4.57 Å². The third kappa shape index (κ3) is 4.01. The van der Waals surface area contributed by atoms with Crippen molar-refractivity contribution < 1.29 is 14.4 Å². The highest BCUT2D eigenvalue weighted by Gasteiger charge is 2.29. The van der Waals surface area contributed by atoms with Crippen LogP contribution < -0.4 is 10.2 Å². The van der Waals surface area contributed by atoms with Crippen molar-refractivity contribution >= 4 is 30.0 Å². The maximum Gasteiger partial charge on any atom is 0.358 e. The van der Waals surface area contributed by atoms with Crippen molar-refractivity contribution in [3.8, 4) is 11.1 Å². The molecule has 0 heterocycles. The smallest absolute Gasteiger partial charge is 0.321 e. The standard InChI is InChI=1S/C24H20NO3P/c26-29(27,28)24-22(19-11-4-1-5-12-19)17-10-18-23(24)25(20-13-6-2-7-14-20)21-15-8-3-9-16-21/h1-18H,(H2,26,27,28). The molecule has 0 atom stereocenters. The van der Waals surface area contributed by atoms with Crippen LogP contribution in [0.3, 0.4) is 0 Å². The van der Waals surface area contributed by atoms with E-state index in [4.69, 9.17) is 0 Å². The topological polar surface area (TPSA) is 60.8 Å². The average molecular weight is 401 g/mol. The van der Waals surface area contributed by atoms with Crippen molar-refractivity contribution in [1.29, 1.82) is 0 Å². The Hall–Kier alpha value is -3.17. The molecule has 5 heteroatoms. The van der Waals surface area contributed by atoms with E-state index in [0.717, 1.165) is 16.9 Å². The number of hydrogen-bond donors (Lipinski definition) is 2. The van der Waals surface area contributed by atoms with Gasteiger partial charge in [-0.3, -0.25) is 4.57 Å². The van der Waals surface area contributed by atoms with Gasteiger partial charge in [0.1, 0.15) is 0 Å². The molecule has 0 aliphatic rings. The molecule has 0 saturated carbocycles. The van der Waals surface area contributed by atoms with Crippen molar-refractivity contribution in [2.24, 2.45) is 0 Å². The Bertz CT molecular complexity index is 1100. The van der Waals surface area contributed by atoms with Crippen LogP contribution in [0.15, 0.2) is 109 Å². The first-order chi connectivity index (χ1) is 14.1. The maximum absolute atomic E-state index is 12.7. The van der Waals surface area contributed by atoms with Gasteiger partial charge in [0.25, 0.3) is 0 Å². The van der Waals surface area contributed by atoms with Gasteiger partial charge >= 0.3 is 7.60 Å². The van der Waals surface area contributed by atoms with Gasteiger partial charge in [0, 0.05) is 11.4 Å². The lowest BCUT2D eigenvalue weighted by Crippen LogP contribution is -2.21. The summed E-state index contributed by atoms with van der Waals surface area (Å²) >= 11 is 0. The van der Waals surface area contributed by atoms with Gasteiger partial charge in [-0.05, 0) is 41.5 Å².